The van der Waals surface area contributed by atoms with Gasteiger partial charge in [0.1, 0.15) is 5.75 Å². The molecule has 0 fully saturated rings. The van der Waals surface area contributed by atoms with Crippen LogP contribution in [-0.4, -0.2) is 10.9 Å². The smallest absolute Gasteiger partial charge is 0.200 e. The molecule has 0 saturated heterocycles. The molecule has 100 valence electrons. The number of benzene rings is 2. The highest BCUT2D eigenvalue weighted by molar-refractivity contribution is 9.11. The molecular formula is C15H8Br2O2S. The minimum absolute atomic E-state index is 0.00102. The van der Waals surface area contributed by atoms with E-state index in [-0.39, 0.29) is 11.5 Å². The zero-order chi connectivity index (χ0) is 14.3. The number of rotatable bonds is 1. The quantitative estimate of drug-likeness (QED) is 0.651. The molecule has 0 amide bonds. The minimum Gasteiger partial charge on any atom is -0.506 e. The van der Waals surface area contributed by atoms with E-state index in [2.05, 4.69) is 31.9 Å². The lowest BCUT2D eigenvalue weighted by Crippen LogP contribution is -1.93. The lowest BCUT2D eigenvalue weighted by Gasteiger charge is -2.04. The number of hydrogen-bond acceptors (Lipinski definition) is 3. The molecule has 2 aromatic carbocycles. The first kappa shape index (κ1) is 13.9. The van der Waals surface area contributed by atoms with E-state index < -0.39 is 0 Å². The van der Waals surface area contributed by atoms with Crippen molar-refractivity contribution in [1.82, 2.24) is 0 Å². The zero-order valence-electron chi connectivity index (χ0n) is 10.1. The van der Waals surface area contributed by atoms with Gasteiger partial charge in [-0.3, -0.25) is 4.79 Å². The maximum Gasteiger partial charge on any atom is 0.200 e. The Bertz CT molecular complexity index is 754. The number of thioether (sulfide) groups is 1. The average Bonchev–Trinajstić information content (AvgIpc) is 2.73. The fourth-order valence-corrected chi connectivity index (χ4v) is 4.27. The molecule has 3 rings (SSSR count). The maximum absolute atomic E-state index is 12.3. The first-order valence-electron chi connectivity index (χ1n) is 5.77. The number of Topliss-reactive ketones (excluding diaryl/α,β-unsaturated/α-hetero) is 1. The van der Waals surface area contributed by atoms with Crippen molar-refractivity contribution < 1.29 is 9.90 Å². The van der Waals surface area contributed by atoms with Gasteiger partial charge in [-0.15, -0.1) is 0 Å². The van der Waals surface area contributed by atoms with Crippen LogP contribution in [-0.2, 0) is 0 Å². The number of ketones is 1. The Morgan fingerprint density at radius 1 is 1.15 bits per heavy atom. The summed E-state index contributed by atoms with van der Waals surface area (Å²) in [5.41, 5.74) is 1.33. The molecule has 2 aromatic rings. The van der Waals surface area contributed by atoms with E-state index in [0.717, 1.165) is 14.9 Å². The molecule has 0 bridgehead atoms. The van der Waals surface area contributed by atoms with Crippen LogP contribution in [0.1, 0.15) is 15.9 Å². The van der Waals surface area contributed by atoms with Crippen LogP contribution in [0, 0.1) is 0 Å². The zero-order valence-corrected chi connectivity index (χ0v) is 14.0. The van der Waals surface area contributed by atoms with Gasteiger partial charge in [-0.1, -0.05) is 39.8 Å². The van der Waals surface area contributed by atoms with Crippen molar-refractivity contribution in [2.75, 3.05) is 0 Å². The van der Waals surface area contributed by atoms with Gasteiger partial charge in [-0.25, -0.2) is 0 Å². The van der Waals surface area contributed by atoms with Crippen molar-refractivity contribution >= 4 is 55.5 Å². The summed E-state index contributed by atoms with van der Waals surface area (Å²) in [6, 6.07) is 11.1. The maximum atomic E-state index is 12.3. The molecule has 0 unspecified atom stereocenters. The molecule has 0 aliphatic carbocycles. The second-order valence-corrected chi connectivity index (χ2v) is 7.12. The molecular weight excluding hydrogens is 404 g/mol. The van der Waals surface area contributed by atoms with Crippen LogP contribution < -0.4 is 0 Å². The van der Waals surface area contributed by atoms with E-state index in [1.165, 1.54) is 11.8 Å². The molecule has 2 nitrogen and oxygen atoms in total. The minimum atomic E-state index is 0.00102. The molecule has 1 aliphatic heterocycles. The standard InChI is InChI=1S/C15H8Br2O2S/c16-9-5-8(14(18)11(17)7-9)6-13-15(19)10-3-1-2-4-12(10)20-13/h1-7,18H. The third-order valence-electron chi connectivity index (χ3n) is 2.92. The second-order valence-electron chi connectivity index (χ2n) is 4.26. The van der Waals surface area contributed by atoms with Gasteiger partial charge in [0.05, 0.1) is 9.38 Å². The third-order valence-corrected chi connectivity index (χ3v) is 5.08. The van der Waals surface area contributed by atoms with Crippen LogP contribution in [0.15, 0.2) is 55.1 Å². The van der Waals surface area contributed by atoms with Crippen LogP contribution in [0.4, 0.5) is 0 Å². The van der Waals surface area contributed by atoms with Gasteiger partial charge in [-0.2, -0.15) is 0 Å². The van der Waals surface area contributed by atoms with Crippen molar-refractivity contribution in [2.24, 2.45) is 0 Å². The lowest BCUT2D eigenvalue weighted by molar-refractivity contribution is 0.104. The van der Waals surface area contributed by atoms with Gasteiger partial charge in [0.15, 0.2) is 0 Å². The number of phenolic OH excluding ortho intramolecular Hbond substituents is 1. The van der Waals surface area contributed by atoms with Crippen LogP contribution in [0.2, 0.25) is 0 Å². The Morgan fingerprint density at radius 3 is 2.65 bits per heavy atom. The highest BCUT2D eigenvalue weighted by Gasteiger charge is 2.25. The lowest BCUT2D eigenvalue weighted by atomic mass is 10.1. The van der Waals surface area contributed by atoms with E-state index in [1.807, 2.05) is 24.3 Å². The number of carbonyl (C=O) groups excluding carboxylic acids is 1. The fraction of sp³-hybridized carbons (Fsp3) is 0. The summed E-state index contributed by atoms with van der Waals surface area (Å²) in [5.74, 6) is 0.131. The van der Waals surface area contributed by atoms with Crippen molar-refractivity contribution in [1.29, 1.82) is 0 Å². The summed E-state index contributed by atoms with van der Waals surface area (Å²) < 4.78 is 1.42. The van der Waals surface area contributed by atoms with Gasteiger partial charge in [0.25, 0.3) is 0 Å². The van der Waals surface area contributed by atoms with Gasteiger partial charge >= 0.3 is 0 Å². The summed E-state index contributed by atoms with van der Waals surface area (Å²) in [5, 5.41) is 10.1. The van der Waals surface area contributed by atoms with E-state index in [1.54, 1.807) is 18.2 Å². The number of fused-ring (bicyclic) bond motifs is 1. The molecule has 20 heavy (non-hydrogen) atoms. The van der Waals surface area contributed by atoms with Crippen molar-refractivity contribution in [3.05, 3.63) is 61.4 Å². The van der Waals surface area contributed by atoms with Crippen molar-refractivity contribution in [2.45, 2.75) is 4.90 Å². The molecule has 0 atom stereocenters. The van der Waals surface area contributed by atoms with Crippen LogP contribution in [0.25, 0.3) is 6.08 Å². The second kappa shape index (κ2) is 5.39. The van der Waals surface area contributed by atoms with E-state index in [0.29, 0.717) is 14.9 Å². The predicted molar refractivity (Wildman–Crippen MR) is 88.1 cm³/mol. The van der Waals surface area contributed by atoms with E-state index in [4.69, 9.17) is 0 Å². The Hall–Kier alpha value is -1.04. The van der Waals surface area contributed by atoms with Crippen LogP contribution in [0.5, 0.6) is 5.75 Å². The summed E-state index contributed by atoms with van der Waals surface area (Å²) in [6.07, 6.45) is 1.72. The highest BCUT2D eigenvalue weighted by Crippen LogP contribution is 2.42. The SMILES string of the molecule is O=C1C(=Cc2cc(Br)cc(Br)c2O)Sc2ccccc21. The Labute approximate surface area is 137 Å². The fourth-order valence-electron chi connectivity index (χ4n) is 1.97. The first-order valence-corrected chi connectivity index (χ1v) is 8.18. The molecule has 0 spiro atoms. The van der Waals surface area contributed by atoms with Crippen LogP contribution >= 0.6 is 43.6 Å². The Balaban J connectivity index is 2.06. The molecule has 1 heterocycles. The summed E-state index contributed by atoms with van der Waals surface area (Å²) in [6.45, 7) is 0. The molecule has 1 aliphatic rings. The molecule has 0 radical (unpaired) electrons. The highest BCUT2D eigenvalue weighted by atomic mass is 79.9. The number of halogens is 2. The number of carbonyl (C=O) groups is 1. The van der Waals surface area contributed by atoms with Crippen LogP contribution in [0.3, 0.4) is 0 Å². The van der Waals surface area contributed by atoms with Crippen molar-refractivity contribution in [3.8, 4) is 5.75 Å². The monoisotopic (exact) mass is 410 g/mol. The number of phenols is 1. The van der Waals surface area contributed by atoms with E-state index >= 15 is 0 Å². The Kier molecular flexibility index (Phi) is 3.75. The average molecular weight is 412 g/mol. The molecule has 5 heteroatoms. The molecule has 1 N–H and O–H groups in total. The summed E-state index contributed by atoms with van der Waals surface area (Å²) >= 11 is 8.10. The van der Waals surface area contributed by atoms with Gasteiger partial charge < -0.3 is 5.11 Å². The molecule has 0 aromatic heterocycles. The number of hydrogen-bond donors (Lipinski definition) is 1. The van der Waals surface area contributed by atoms with Gasteiger partial charge in [0, 0.05) is 20.5 Å². The van der Waals surface area contributed by atoms with Gasteiger partial charge in [0.2, 0.25) is 5.78 Å². The normalized spacial score (nSPS) is 15.7. The van der Waals surface area contributed by atoms with Gasteiger partial charge in [-0.05, 0) is 46.3 Å². The summed E-state index contributed by atoms with van der Waals surface area (Å²) in [4.78, 5) is 13.9. The Morgan fingerprint density at radius 2 is 1.90 bits per heavy atom. The largest absolute Gasteiger partial charge is 0.506 e. The number of aromatic hydroxyl groups is 1. The van der Waals surface area contributed by atoms with E-state index in [9.17, 15) is 9.90 Å². The van der Waals surface area contributed by atoms with Crippen molar-refractivity contribution in [3.63, 3.8) is 0 Å². The topological polar surface area (TPSA) is 37.3 Å². The summed E-state index contributed by atoms with van der Waals surface area (Å²) in [7, 11) is 0. The first-order chi connectivity index (χ1) is 9.56. The third kappa shape index (κ3) is 2.45. The number of allylic oxidation sites excluding steroid dienone is 1. The molecule has 0 saturated carbocycles. The predicted octanol–water partition coefficient (Wildman–Crippen LogP) is 5.25.